The number of nitrogens with two attached hydrogens (primary N) is 1. The zero-order valence-electron chi connectivity index (χ0n) is 11.8. The molecule has 2 rings (SSSR count). The monoisotopic (exact) mass is 287 g/mol. The van der Waals surface area contributed by atoms with Crippen LogP contribution < -0.4 is 14.6 Å². The molecule has 0 saturated heterocycles. The zero-order chi connectivity index (χ0) is 14.3. The van der Waals surface area contributed by atoms with Crippen LogP contribution in [0.2, 0.25) is 12.6 Å². The molecule has 0 heterocycles. The third-order valence-electron chi connectivity index (χ3n) is 2.99. The van der Waals surface area contributed by atoms with Crippen molar-refractivity contribution >= 4 is 8.56 Å². The first kappa shape index (κ1) is 14.6. The summed E-state index contributed by atoms with van der Waals surface area (Å²) in [4.78, 5) is 0. The van der Waals surface area contributed by atoms with Gasteiger partial charge in [0, 0.05) is 12.6 Å². The second-order valence-electron chi connectivity index (χ2n) is 4.86. The van der Waals surface area contributed by atoms with Crippen LogP contribution in [-0.2, 0) is 0 Å². The lowest BCUT2D eigenvalue weighted by Crippen LogP contribution is -2.45. The Kier molecular flexibility index (Phi) is 5.21. The Bertz CT molecular complexity index is 463. The lowest BCUT2D eigenvalue weighted by Gasteiger charge is -2.28. The molecule has 2 aromatic carbocycles. The normalized spacial score (nSPS) is 11.1. The summed E-state index contributed by atoms with van der Waals surface area (Å²) in [6.07, 6.45) is 0.905. The van der Waals surface area contributed by atoms with Gasteiger partial charge in [0.25, 0.3) is 0 Å². The van der Waals surface area contributed by atoms with E-state index in [0.29, 0.717) is 6.54 Å². The summed E-state index contributed by atoms with van der Waals surface area (Å²) >= 11 is 0. The SMILES string of the molecule is C[Si](CCCN)(Oc1ccccc1)Oc1ccccc1. The predicted molar refractivity (Wildman–Crippen MR) is 84.2 cm³/mol. The number of rotatable bonds is 7. The molecule has 0 atom stereocenters. The highest BCUT2D eigenvalue weighted by atomic mass is 28.4. The van der Waals surface area contributed by atoms with Gasteiger partial charge in [0.05, 0.1) is 0 Å². The van der Waals surface area contributed by atoms with E-state index in [1.165, 1.54) is 0 Å². The lowest BCUT2D eigenvalue weighted by molar-refractivity contribution is 0.386. The maximum Gasteiger partial charge on any atom is 0.457 e. The summed E-state index contributed by atoms with van der Waals surface area (Å²) in [5.74, 6) is 1.71. The van der Waals surface area contributed by atoms with Crippen molar-refractivity contribution in [1.82, 2.24) is 0 Å². The maximum atomic E-state index is 6.17. The Hall–Kier alpha value is -1.78. The van der Waals surface area contributed by atoms with Crippen molar-refractivity contribution in [3.05, 3.63) is 60.7 Å². The summed E-state index contributed by atoms with van der Waals surface area (Å²) in [5.41, 5.74) is 5.63. The van der Waals surface area contributed by atoms with Crippen molar-refractivity contribution in [2.24, 2.45) is 5.73 Å². The molecule has 2 N–H and O–H groups in total. The van der Waals surface area contributed by atoms with Crippen LogP contribution >= 0.6 is 0 Å². The molecule has 0 fully saturated rings. The molecule has 0 bridgehead atoms. The minimum atomic E-state index is -2.33. The molecule has 4 heteroatoms. The fraction of sp³-hybridized carbons (Fsp3) is 0.250. The van der Waals surface area contributed by atoms with Crippen molar-refractivity contribution in [2.45, 2.75) is 19.0 Å². The highest BCUT2D eigenvalue weighted by molar-refractivity contribution is 6.67. The van der Waals surface area contributed by atoms with Crippen molar-refractivity contribution in [2.75, 3.05) is 6.54 Å². The molecule has 0 radical (unpaired) electrons. The van der Waals surface area contributed by atoms with Crippen LogP contribution in [0.4, 0.5) is 0 Å². The quantitative estimate of drug-likeness (QED) is 0.792. The van der Waals surface area contributed by atoms with Gasteiger partial charge in [-0.05, 0) is 37.2 Å². The Morgan fingerprint density at radius 3 is 1.70 bits per heavy atom. The van der Waals surface area contributed by atoms with Crippen molar-refractivity contribution < 1.29 is 8.85 Å². The van der Waals surface area contributed by atoms with E-state index in [1.807, 2.05) is 60.7 Å². The molecular formula is C16H21NO2Si. The smallest absolute Gasteiger partial charge is 0.457 e. The van der Waals surface area contributed by atoms with Crippen molar-refractivity contribution in [3.63, 3.8) is 0 Å². The van der Waals surface area contributed by atoms with Gasteiger partial charge in [-0.3, -0.25) is 0 Å². The van der Waals surface area contributed by atoms with E-state index >= 15 is 0 Å². The molecular weight excluding hydrogens is 266 g/mol. The minimum Gasteiger partial charge on any atom is -0.512 e. The van der Waals surface area contributed by atoms with Gasteiger partial charge in [-0.2, -0.15) is 0 Å². The Morgan fingerprint density at radius 1 is 0.850 bits per heavy atom. The fourth-order valence-corrected chi connectivity index (χ4v) is 4.38. The van der Waals surface area contributed by atoms with Crippen LogP contribution in [0.1, 0.15) is 6.42 Å². The summed E-state index contributed by atoms with van der Waals surface area (Å²) in [7, 11) is -2.33. The number of hydrogen-bond donors (Lipinski definition) is 1. The minimum absolute atomic E-state index is 0.652. The first-order chi connectivity index (χ1) is 9.72. The highest BCUT2D eigenvalue weighted by Crippen LogP contribution is 2.23. The van der Waals surface area contributed by atoms with Crippen LogP contribution in [0.25, 0.3) is 0 Å². The maximum absolute atomic E-state index is 6.17. The molecule has 0 aliphatic heterocycles. The van der Waals surface area contributed by atoms with Gasteiger partial charge < -0.3 is 14.6 Å². The van der Waals surface area contributed by atoms with Crippen molar-refractivity contribution in [1.29, 1.82) is 0 Å². The molecule has 0 unspecified atom stereocenters. The van der Waals surface area contributed by atoms with Gasteiger partial charge in [0.2, 0.25) is 0 Å². The third kappa shape index (κ3) is 4.40. The molecule has 20 heavy (non-hydrogen) atoms. The van der Waals surface area contributed by atoms with E-state index in [1.54, 1.807) is 0 Å². The van der Waals surface area contributed by atoms with Crippen LogP contribution in [0.3, 0.4) is 0 Å². The van der Waals surface area contributed by atoms with Crippen LogP contribution in [0.15, 0.2) is 60.7 Å². The van der Waals surface area contributed by atoms with Crippen LogP contribution in [0, 0.1) is 0 Å². The summed E-state index contributed by atoms with van der Waals surface area (Å²) in [5, 5.41) is 0. The third-order valence-corrected chi connectivity index (χ3v) is 5.59. The van der Waals surface area contributed by atoms with E-state index in [4.69, 9.17) is 14.6 Å². The number of para-hydroxylation sites is 2. The summed E-state index contributed by atoms with van der Waals surface area (Å²) in [6.45, 7) is 2.74. The molecule has 3 nitrogen and oxygen atoms in total. The van der Waals surface area contributed by atoms with Gasteiger partial charge in [0.1, 0.15) is 11.5 Å². The first-order valence-corrected chi connectivity index (χ1v) is 9.42. The van der Waals surface area contributed by atoms with Crippen molar-refractivity contribution in [3.8, 4) is 11.5 Å². The second kappa shape index (κ2) is 7.12. The zero-order valence-corrected chi connectivity index (χ0v) is 12.8. The van der Waals surface area contributed by atoms with Gasteiger partial charge >= 0.3 is 8.56 Å². The Labute approximate surface area is 121 Å². The number of hydrogen-bond acceptors (Lipinski definition) is 3. The Balaban J connectivity index is 2.12. The van der Waals surface area contributed by atoms with E-state index in [2.05, 4.69) is 6.55 Å². The average molecular weight is 287 g/mol. The largest absolute Gasteiger partial charge is 0.512 e. The van der Waals surface area contributed by atoms with Gasteiger partial charge in [0.15, 0.2) is 0 Å². The first-order valence-electron chi connectivity index (χ1n) is 6.90. The Morgan fingerprint density at radius 2 is 1.30 bits per heavy atom. The standard InChI is InChI=1S/C16H21NO2Si/c1-20(14-8-13-17,18-15-9-4-2-5-10-15)19-16-11-6-3-7-12-16/h2-7,9-12H,8,13-14,17H2,1H3. The molecule has 0 amide bonds. The van der Waals surface area contributed by atoms with E-state index < -0.39 is 8.56 Å². The number of benzene rings is 2. The van der Waals surface area contributed by atoms with E-state index in [0.717, 1.165) is 24.0 Å². The molecule has 0 saturated carbocycles. The summed E-state index contributed by atoms with van der Waals surface area (Å²) < 4.78 is 12.3. The molecule has 0 aromatic heterocycles. The van der Waals surface area contributed by atoms with Crippen LogP contribution in [0.5, 0.6) is 11.5 Å². The van der Waals surface area contributed by atoms with Gasteiger partial charge in [-0.15, -0.1) is 0 Å². The van der Waals surface area contributed by atoms with Gasteiger partial charge in [-0.1, -0.05) is 36.4 Å². The topological polar surface area (TPSA) is 44.5 Å². The predicted octanol–water partition coefficient (Wildman–Crippen LogP) is 3.57. The second-order valence-corrected chi connectivity index (χ2v) is 8.03. The van der Waals surface area contributed by atoms with E-state index in [9.17, 15) is 0 Å². The van der Waals surface area contributed by atoms with Gasteiger partial charge in [-0.25, -0.2) is 0 Å². The van der Waals surface area contributed by atoms with Crippen LogP contribution in [-0.4, -0.2) is 15.1 Å². The fourth-order valence-electron chi connectivity index (χ4n) is 2.02. The molecule has 2 aromatic rings. The van der Waals surface area contributed by atoms with E-state index in [-0.39, 0.29) is 0 Å². The highest BCUT2D eigenvalue weighted by Gasteiger charge is 2.35. The molecule has 106 valence electrons. The summed E-state index contributed by atoms with van der Waals surface area (Å²) in [6, 6.07) is 20.5. The molecule has 0 spiro atoms. The molecule has 0 aliphatic carbocycles. The molecule has 0 aliphatic rings. The average Bonchev–Trinajstić information content (AvgIpc) is 2.47. The lowest BCUT2D eigenvalue weighted by atomic mass is 10.3.